The number of aromatic amines is 1. The molecule has 4 nitrogen and oxygen atoms in total. The highest BCUT2D eigenvalue weighted by Gasteiger charge is 2.24. The number of esters is 1. The number of nitrogens with zero attached hydrogens (tertiary/aromatic N) is 1. The second-order valence-electron chi connectivity index (χ2n) is 8.83. The monoisotopic (exact) mass is 436 g/mol. The molecule has 1 aliphatic rings. The molecule has 4 heteroatoms. The molecule has 3 aromatic carbocycles. The van der Waals surface area contributed by atoms with Gasteiger partial charge in [0.15, 0.2) is 0 Å². The SMILES string of the molecule is CC(=O)Oc1cccc2c1CCC(Cc1c[nH]c(C(c3ccccc3)c3ccccc3)n1)C2. The maximum absolute atomic E-state index is 11.4. The molecule has 0 saturated carbocycles. The summed E-state index contributed by atoms with van der Waals surface area (Å²) in [4.78, 5) is 20.0. The number of imidazole rings is 1. The Morgan fingerprint density at radius 2 is 1.70 bits per heavy atom. The van der Waals surface area contributed by atoms with Crippen LogP contribution < -0.4 is 4.74 Å². The number of ether oxygens (including phenoxy) is 1. The van der Waals surface area contributed by atoms with Crippen molar-refractivity contribution >= 4 is 5.97 Å². The fraction of sp³-hybridized carbons (Fsp3) is 0.241. The quantitative estimate of drug-likeness (QED) is 0.304. The van der Waals surface area contributed by atoms with Crippen molar-refractivity contribution in [2.45, 2.75) is 38.5 Å². The van der Waals surface area contributed by atoms with E-state index in [-0.39, 0.29) is 11.9 Å². The van der Waals surface area contributed by atoms with E-state index in [0.717, 1.165) is 37.2 Å². The second-order valence-corrected chi connectivity index (χ2v) is 8.83. The largest absolute Gasteiger partial charge is 0.426 e. The number of H-pyrrole nitrogens is 1. The van der Waals surface area contributed by atoms with Crippen LogP contribution in [0.4, 0.5) is 0 Å². The van der Waals surface area contributed by atoms with Crippen LogP contribution in [0.2, 0.25) is 0 Å². The van der Waals surface area contributed by atoms with Crippen LogP contribution in [0.1, 0.15) is 53.0 Å². The molecule has 166 valence electrons. The van der Waals surface area contributed by atoms with Gasteiger partial charge in [-0.1, -0.05) is 72.8 Å². The summed E-state index contributed by atoms with van der Waals surface area (Å²) in [5.74, 6) is 2.04. The highest BCUT2D eigenvalue weighted by atomic mass is 16.5. The first kappa shape index (κ1) is 21.2. The minimum Gasteiger partial charge on any atom is -0.426 e. The van der Waals surface area contributed by atoms with E-state index in [1.165, 1.54) is 29.2 Å². The van der Waals surface area contributed by atoms with Crippen molar-refractivity contribution in [3.63, 3.8) is 0 Å². The third-order valence-electron chi connectivity index (χ3n) is 6.48. The molecule has 0 fully saturated rings. The number of carbonyl (C=O) groups excluding carboxylic acids is 1. The summed E-state index contributed by atoms with van der Waals surface area (Å²) < 4.78 is 5.42. The molecular formula is C29H28N2O2. The number of nitrogens with one attached hydrogen (secondary N) is 1. The van der Waals surface area contributed by atoms with Crippen molar-refractivity contribution in [2.24, 2.45) is 5.92 Å². The van der Waals surface area contributed by atoms with Crippen molar-refractivity contribution in [3.05, 3.63) is 119 Å². The standard InChI is InChI=1S/C29H28N2O2/c1-20(32)33-27-14-8-13-24-17-21(15-16-26(24)27)18-25-19-30-29(31-25)28(22-9-4-2-5-10-22)23-11-6-3-7-12-23/h2-14,19,21,28H,15-18H2,1H3,(H,30,31). The minimum absolute atomic E-state index is 0.0829. The summed E-state index contributed by atoms with van der Waals surface area (Å²) in [5.41, 5.74) is 6.03. The normalized spacial score (nSPS) is 15.3. The second kappa shape index (κ2) is 9.45. The van der Waals surface area contributed by atoms with E-state index in [1.807, 2.05) is 24.3 Å². The van der Waals surface area contributed by atoms with E-state index >= 15 is 0 Å². The van der Waals surface area contributed by atoms with Gasteiger partial charge in [0.25, 0.3) is 0 Å². The molecule has 1 unspecified atom stereocenters. The van der Waals surface area contributed by atoms with Gasteiger partial charge < -0.3 is 9.72 Å². The molecule has 0 amide bonds. The minimum atomic E-state index is -0.263. The molecule has 5 rings (SSSR count). The van der Waals surface area contributed by atoms with Crippen LogP contribution in [0.25, 0.3) is 0 Å². The van der Waals surface area contributed by atoms with Gasteiger partial charge >= 0.3 is 5.97 Å². The Balaban J connectivity index is 1.35. The molecule has 0 radical (unpaired) electrons. The number of hydrogen-bond donors (Lipinski definition) is 1. The van der Waals surface area contributed by atoms with Gasteiger partial charge in [-0.25, -0.2) is 4.98 Å². The molecule has 33 heavy (non-hydrogen) atoms. The van der Waals surface area contributed by atoms with Gasteiger partial charge in [-0.05, 0) is 59.9 Å². The smallest absolute Gasteiger partial charge is 0.308 e. The van der Waals surface area contributed by atoms with E-state index in [0.29, 0.717) is 11.7 Å². The fourth-order valence-electron chi connectivity index (χ4n) is 5.00. The van der Waals surface area contributed by atoms with E-state index in [4.69, 9.17) is 9.72 Å². The number of carbonyl (C=O) groups is 1. The molecular weight excluding hydrogens is 408 g/mol. The Morgan fingerprint density at radius 1 is 1.00 bits per heavy atom. The first-order chi connectivity index (χ1) is 16.2. The van der Waals surface area contributed by atoms with Gasteiger partial charge in [0.1, 0.15) is 11.6 Å². The molecule has 4 aromatic rings. The predicted octanol–water partition coefficient (Wildman–Crippen LogP) is 5.86. The van der Waals surface area contributed by atoms with Gasteiger partial charge in [0.2, 0.25) is 0 Å². The maximum atomic E-state index is 11.4. The highest BCUT2D eigenvalue weighted by Crippen LogP contribution is 2.34. The predicted molar refractivity (Wildman–Crippen MR) is 129 cm³/mol. The number of hydrogen-bond acceptors (Lipinski definition) is 3. The van der Waals surface area contributed by atoms with Crippen LogP contribution >= 0.6 is 0 Å². The first-order valence-corrected chi connectivity index (χ1v) is 11.6. The molecule has 1 heterocycles. The summed E-state index contributed by atoms with van der Waals surface area (Å²) in [6, 6.07) is 27.1. The molecule has 0 aliphatic heterocycles. The van der Waals surface area contributed by atoms with Crippen LogP contribution in [0.15, 0.2) is 85.1 Å². The van der Waals surface area contributed by atoms with Crippen molar-refractivity contribution in [1.82, 2.24) is 9.97 Å². The zero-order chi connectivity index (χ0) is 22.6. The van der Waals surface area contributed by atoms with Gasteiger partial charge in [-0.2, -0.15) is 0 Å². The Morgan fingerprint density at radius 3 is 2.36 bits per heavy atom. The van der Waals surface area contributed by atoms with E-state index < -0.39 is 0 Å². The lowest BCUT2D eigenvalue weighted by Gasteiger charge is -2.25. The van der Waals surface area contributed by atoms with Crippen molar-refractivity contribution in [3.8, 4) is 5.75 Å². The average molecular weight is 437 g/mol. The molecule has 0 bridgehead atoms. The average Bonchev–Trinajstić information content (AvgIpc) is 3.28. The summed E-state index contributed by atoms with van der Waals surface area (Å²) in [6.07, 6.45) is 5.97. The van der Waals surface area contributed by atoms with E-state index in [9.17, 15) is 4.79 Å². The molecule has 1 N–H and O–H groups in total. The van der Waals surface area contributed by atoms with Crippen molar-refractivity contribution in [1.29, 1.82) is 0 Å². The zero-order valence-corrected chi connectivity index (χ0v) is 18.8. The fourth-order valence-corrected chi connectivity index (χ4v) is 5.00. The summed E-state index contributed by atoms with van der Waals surface area (Å²) in [5, 5.41) is 0. The molecule has 1 aliphatic carbocycles. The first-order valence-electron chi connectivity index (χ1n) is 11.6. The molecule has 0 spiro atoms. The highest BCUT2D eigenvalue weighted by molar-refractivity contribution is 5.70. The topological polar surface area (TPSA) is 55.0 Å². The van der Waals surface area contributed by atoms with Crippen LogP contribution in [0.5, 0.6) is 5.75 Å². The Hall–Kier alpha value is -3.66. The summed E-state index contributed by atoms with van der Waals surface area (Å²) in [6.45, 7) is 1.46. The van der Waals surface area contributed by atoms with Crippen molar-refractivity contribution in [2.75, 3.05) is 0 Å². The third kappa shape index (κ3) is 4.75. The third-order valence-corrected chi connectivity index (χ3v) is 6.48. The summed E-state index contributed by atoms with van der Waals surface area (Å²) >= 11 is 0. The Labute approximate surface area is 194 Å². The van der Waals surface area contributed by atoms with Crippen molar-refractivity contribution < 1.29 is 9.53 Å². The zero-order valence-electron chi connectivity index (χ0n) is 18.8. The Bertz CT molecular complexity index is 1190. The maximum Gasteiger partial charge on any atom is 0.308 e. The van der Waals surface area contributed by atoms with Crippen LogP contribution in [0, 0.1) is 5.92 Å². The Kier molecular flexibility index (Phi) is 6.07. The lowest BCUT2D eigenvalue weighted by atomic mass is 9.81. The van der Waals surface area contributed by atoms with Gasteiger partial charge in [-0.3, -0.25) is 4.79 Å². The molecule has 1 atom stereocenters. The summed E-state index contributed by atoms with van der Waals surface area (Å²) in [7, 11) is 0. The van der Waals surface area contributed by atoms with Gasteiger partial charge in [0.05, 0.1) is 11.6 Å². The van der Waals surface area contributed by atoms with Crippen LogP contribution in [0.3, 0.4) is 0 Å². The lowest BCUT2D eigenvalue weighted by Crippen LogP contribution is -2.18. The number of aromatic nitrogens is 2. The van der Waals surface area contributed by atoms with Crippen LogP contribution in [-0.4, -0.2) is 15.9 Å². The number of rotatable bonds is 6. The van der Waals surface area contributed by atoms with E-state index in [2.05, 4.69) is 65.8 Å². The lowest BCUT2D eigenvalue weighted by molar-refractivity contribution is -0.131. The van der Waals surface area contributed by atoms with Gasteiger partial charge in [0, 0.05) is 13.1 Å². The van der Waals surface area contributed by atoms with Gasteiger partial charge in [-0.15, -0.1) is 0 Å². The molecule has 0 saturated heterocycles. The van der Waals surface area contributed by atoms with Crippen LogP contribution in [-0.2, 0) is 24.1 Å². The molecule has 1 aromatic heterocycles. The number of fused-ring (bicyclic) bond motifs is 1. The van der Waals surface area contributed by atoms with E-state index in [1.54, 1.807) is 0 Å². The number of benzene rings is 3.